The highest BCUT2D eigenvalue weighted by Gasteiger charge is 2.01. The monoisotopic (exact) mass is 556 g/mol. The molecule has 0 saturated carbocycles. The van der Waals surface area contributed by atoms with Gasteiger partial charge in [0.05, 0.1) is 22.3 Å². The number of nitrogens with one attached hydrogen (secondary N) is 4. The Balaban J connectivity index is 0.000000267. The minimum Gasteiger partial charge on any atom is -0.478 e. The van der Waals surface area contributed by atoms with Crippen LogP contribution < -0.4 is 22.2 Å². The van der Waals surface area contributed by atoms with E-state index in [4.69, 9.17) is 20.4 Å². The first kappa shape index (κ1) is 31.7. The minimum atomic E-state index is -1.05. The van der Waals surface area contributed by atoms with Crippen molar-refractivity contribution in [1.82, 2.24) is 19.9 Å². The zero-order valence-electron chi connectivity index (χ0n) is 20.0. The van der Waals surface area contributed by atoms with Crippen molar-refractivity contribution in [3.05, 3.63) is 137 Å². The van der Waals surface area contributed by atoms with Crippen molar-refractivity contribution in [2.45, 2.75) is 0 Å². The van der Waals surface area contributed by atoms with Crippen molar-refractivity contribution in [2.24, 2.45) is 0 Å². The fraction of sp³-hybridized carbons (Fsp3) is 0. The zero-order chi connectivity index (χ0) is 30.2. The second-order valence-corrected chi connectivity index (χ2v) is 6.99. The van der Waals surface area contributed by atoms with Gasteiger partial charge >= 0.3 is 23.9 Å². The van der Waals surface area contributed by atoms with Crippen LogP contribution in [0.25, 0.3) is 0 Å². The molecule has 0 spiro atoms. The molecule has 0 aliphatic rings. The van der Waals surface area contributed by atoms with Crippen LogP contribution in [0.4, 0.5) is 0 Å². The highest BCUT2D eigenvalue weighted by molar-refractivity contribution is 5.88. The summed E-state index contributed by atoms with van der Waals surface area (Å²) in [6, 6.07) is 9.68. The quantitative estimate of drug-likeness (QED) is 0.168. The van der Waals surface area contributed by atoms with Gasteiger partial charge in [-0.05, 0) is 24.3 Å². The fourth-order valence-electron chi connectivity index (χ4n) is 2.17. The number of H-pyrrole nitrogens is 4. The van der Waals surface area contributed by atoms with Gasteiger partial charge in [0, 0.05) is 49.1 Å². The Hall–Kier alpha value is -6.32. The molecule has 0 radical (unpaired) electrons. The van der Waals surface area contributed by atoms with Crippen molar-refractivity contribution in [3.63, 3.8) is 0 Å². The molecule has 208 valence electrons. The molecule has 0 saturated heterocycles. The molecule has 0 aliphatic carbocycles. The van der Waals surface area contributed by atoms with Crippen LogP contribution in [0.2, 0.25) is 0 Å². The van der Waals surface area contributed by atoms with Crippen LogP contribution in [0.1, 0.15) is 41.4 Å². The lowest BCUT2D eigenvalue weighted by molar-refractivity contribution is 0.0685. The Morgan fingerprint density at radius 2 is 0.550 bits per heavy atom. The molecule has 40 heavy (non-hydrogen) atoms. The topological polar surface area (TPSA) is 281 Å². The lowest BCUT2D eigenvalue weighted by atomic mass is 10.3. The van der Waals surface area contributed by atoms with Crippen LogP contribution in [0.15, 0.2) is 92.5 Å². The number of carboxylic acid groups (broad SMARTS) is 4. The van der Waals surface area contributed by atoms with Crippen molar-refractivity contribution in [3.8, 4) is 0 Å². The molecule has 4 heterocycles. The number of carbonyl (C=O) groups is 4. The number of hydrogen-bond donors (Lipinski definition) is 8. The Kier molecular flexibility index (Phi) is 12.5. The van der Waals surface area contributed by atoms with Gasteiger partial charge in [-0.1, -0.05) is 0 Å². The molecule has 16 nitrogen and oxygen atoms in total. The molecule has 4 aromatic heterocycles. The van der Waals surface area contributed by atoms with Gasteiger partial charge in [-0.2, -0.15) is 0 Å². The Labute approximate surface area is 220 Å². The number of pyridine rings is 4. The third-order valence-electron chi connectivity index (χ3n) is 4.12. The minimum absolute atomic E-state index is 0.0830. The van der Waals surface area contributed by atoms with E-state index < -0.39 is 23.9 Å². The lowest BCUT2D eigenvalue weighted by Gasteiger charge is -1.88. The normalized spacial score (nSPS) is 9.20. The summed E-state index contributed by atoms with van der Waals surface area (Å²) >= 11 is 0. The first-order valence-corrected chi connectivity index (χ1v) is 10.5. The first-order valence-electron chi connectivity index (χ1n) is 10.5. The maximum Gasteiger partial charge on any atom is 0.337 e. The van der Waals surface area contributed by atoms with Crippen molar-refractivity contribution in [1.29, 1.82) is 0 Å². The molecule has 0 bridgehead atoms. The molecule has 4 rings (SSSR count). The van der Waals surface area contributed by atoms with E-state index in [2.05, 4.69) is 19.9 Å². The summed E-state index contributed by atoms with van der Waals surface area (Å²) in [5.41, 5.74) is -0.872. The van der Waals surface area contributed by atoms with E-state index in [1.165, 1.54) is 48.5 Å². The van der Waals surface area contributed by atoms with E-state index in [0.29, 0.717) is 0 Å². The van der Waals surface area contributed by atoms with E-state index in [1.807, 2.05) is 0 Å². The summed E-state index contributed by atoms with van der Waals surface area (Å²) in [5.74, 6) is -4.18. The number of aromatic amines is 4. The van der Waals surface area contributed by atoms with Crippen LogP contribution in [-0.4, -0.2) is 64.2 Å². The van der Waals surface area contributed by atoms with Crippen LogP contribution in [0.3, 0.4) is 0 Å². The number of aromatic carboxylic acids is 4. The number of carboxylic acids is 4. The predicted molar refractivity (Wildman–Crippen MR) is 136 cm³/mol. The van der Waals surface area contributed by atoms with Gasteiger partial charge in [-0.25, -0.2) is 19.2 Å². The van der Waals surface area contributed by atoms with Gasteiger partial charge in [-0.15, -0.1) is 0 Å². The molecular weight excluding hydrogens is 536 g/mol. The summed E-state index contributed by atoms with van der Waals surface area (Å²) in [6.07, 6.45) is 4.63. The van der Waals surface area contributed by atoms with Crippen LogP contribution in [0.5, 0.6) is 0 Å². The molecular formula is C24H20N4O12. The van der Waals surface area contributed by atoms with Gasteiger partial charge in [0.15, 0.2) is 0 Å². The maximum atomic E-state index is 10.4. The van der Waals surface area contributed by atoms with E-state index in [0.717, 1.165) is 24.8 Å². The number of rotatable bonds is 4. The smallest absolute Gasteiger partial charge is 0.337 e. The first-order chi connectivity index (χ1) is 18.8. The van der Waals surface area contributed by atoms with Crippen molar-refractivity contribution < 1.29 is 39.6 Å². The van der Waals surface area contributed by atoms with Crippen LogP contribution in [0, 0.1) is 0 Å². The lowest BCUT2D eigenvalue weighted by Crippen LogP contribution is -2.05. The van der Waals surface area contributed by atoms with Gasteiger partial charge < -0.3 is 40.4 Å². The van der Waals surface area contributed by atoms with Crippen LogP contribution in [-0.2, 0) is 0 Å². The summed E-state index contributed by atoms with van der Waals surface area (Å²) < 4.78 is 0. The Morgan fingerprint density at radius 1 is 0.375 bits per heavy atom. The van der Waals surface area contributed by atoms with Crippen LogP contribution >= 0.6 is 0 Å². The maximum absolute atomic E-state index is 10.4. The average Bonchev–Trinajstić information content (AvgIpc) is 2.91. The van der Waals surface area contributed by atoms with Gasteiger partial charge in [-0.3, -0.25) is 19.2 Å². The Bertz CT molecular complexity index is 1380. The molecule has 0 fully saturated rings. The number of aromatic nitrogens is 4. The predicted octanol–water partition coefficient (Wildman–Crippen LogP) is 0.292. The van der Waals surface area contributed by atoms with E-state index in [9.17, 15) is 38.4 Å². The average molecular weight is 556 g/mol. The molecule has 4 aromatic rings. The van der Waals surface area contributed by atoms with E-state index in [-0.39, 0.29) is 44.5 Å². The number of hydrogen-bond acceptors (Lipinski definition) is 8. The summed E-state index contributed by atoms with van der Waals surface area (Å²) in [7, 11) is 0. The Morgan fingerprint density at radius 3 is 0.650 bits per heavy atom. The highest BCUT2D eigenvalue weighted by Crippen LogP contribution is 1.92. The molecule has 16 heteroatoms. The largest absolute Gasteiger partial charge is 0.478 e. The van der Waals surface area contributed by atoms with Gasteiger partial charge in [0.25, 0.3) is 0 Å². The van der Waals surface area contributed by atoms with E-state index in [1.54, 1.807) is 0 Å². The van der Waals surface area contributed by atoms with Crippen molar-refractivity contribution >= 4 is 23.9 Å². The molecule has 0 unspecified atom stereocenters. The standard InChI is InChI=1S/4C6H5NO3/c4*8-5-2-1-4(3-7-5)6(9)10/h4*1-3H,(H,7,8)(H,9,10). The SMILES string of the molecule is O=C(O)c1ccc(=O)[nH]c1.O=C(O)c1ccc(=O)[nH]c1.O=C(O)c1ccc(=O)[nH]c1.O=C(O)c1ccc(=O)[nH]c1. The van der Waals surface area contributed by atoms with Gasteiger partial charge in [0.2, 0.25) is 22.2 Å². The third-order valence-corrected chi connectivity index (χ3v) is 4.12. The van der Waals surface area contributed by atoms with Gasteiger partial charge in [0.1, 0.15) is 0 Å². The molecule has 0 aliphatic heterocycles. The second kappa shape index (κ2) is 15.7. The van der Waals surface area contributed by atoms with Crippen molar-refractivity contribution in [2.75, 3.05) is 0 Å². The fourth-order valence-corrected chi connectivity index (χ4v) is 2.17. The van der Waals surface area contributed by atoms with E-state index >= 15 is 0 Å². The molecule has 8 N–H and O–H groups in total. The summed E-state index contributed by atoms with van der Waals surface area (Å²) in [5, 5.41) is 33.4. The summed E-state index contributed by atoms with van der Waals surface area (Å²) in [6.45, 7) is 0. The highest BCUT2D eigenvalue weighted by atomic mass is 16.4. The zero-order valence-corrected chi connectivity index (χ0v) is 20.0. The summed E-state index contributed by atoms with van der Waals surface area (Å²) in [4.78, 5) is 91.3. The molecule has 0 aromatic carbocycles. The molecule has 0 atom stereocenters. The second-order valence-electron chi connectivity index (χ2n) is 6.99. The molecule has 0 amide bonds. The third kappa shape index (κ3) is 12.1.